The molecule has 2 aromatic rings. The van der Waals surface area contributed by atoms with E-state index in [2.05, 4.69) is 0 Å². The summed E-state index contributed by atoms with van der Waals surface area (Å²) in [7, 11) is 1.40. The maximum absolute atomic E-state index is 13.2. The molecule has 2 aromatic carbocycles. The first-order chi connectivity index (χ1) is 15.7. The summed E-state index contributed by atoms with van der Waals surface area (Å²) in [5.41, 5.74) is 0.745. The molecule has 6 nitrogen and oxygen atoms in total. The summed E-state index contributed by atoms with van der Waals surface area (Å²) in [6, 6.07) is 9.32. The minimum Gasteiger partial charge on any atom is -0.507 e. The third-order valence-corrected chi connectivity index (χ3v) is 5.80. The van der Waals surface area contributed by atoms with Gasteiger partial charge in [-0.3, -0.25) is 9.59 Å². The Labute approximate surface area is 203 Å². The number of amides is 1. The number of aliphatic hydroxyl groups excluding tert-OH is 1. The summed E-state index contributed by atoms with van der Waals surface area (Å²) < 4.78 is 11.2. The van der Waals surface area contributed by atoms with Crippen LogP contribution in [0.5, 0.6) is 11.5 Å². The van der Waals surface area contributed by atoms with Gasteiger partial charge in [0.25, 0.3) is 11.7 Å². The van der Waals surface area contributed by atoms with E-state index in [1.54, 1.807) is 18.2 Å². The number of ether oxygens (including phenoxy) is 2. The van der Waals surface area contributed by atoms with Gasteiger partial charge in [0.05, 0.1) is 35.4 Å². The van der Waals surface area contributed by atoms with Crippen LogP contribution in [0.1, 0.15) is 50.8 Å². The molecule has 1 atom stereocenters. The van der Waals surface area contributed by atoms with Crippen LogP contribution in [0.15, 0.2) is 42.0 Å². The van der Waals surface area contributed by atoms with Crippen molar-refractivity contribution >= 4 is 40.7 Å². The Hall–Kier alpha value is -2.70. The second kappa shape index (κ2) is 10.5. The third kappa shape index (κ3) is 5.12. The number of aliphatic hydroxyl groups is 1. The van der Waals surface area contributed by atoms with Crippen LogP contribution in [0, 0.1) is 0 Å². The molecule has 0 aliphatic carbocycles. The Balaban J connectivity index is 2.24. The number of carbonyl (C=O) groups excluding carboxylic acids is 2. The molecule has 1 fully saturated rings. The minimum absolute atomic E-state index is 0.0468. The van der Waals surface area contributed by atoms with Gasteiger partial charge < -0.3 is 19.5 Å². The molecule has 0 aromatic heterocycles. The predicted molar refractivity (Wildman–Crippen MR) is 129 cm³/mol. The van der Waals surface area contributed by atoms with Crippen LogP contribution in [0.3, 0.4) is 0 Å². The average molecular weight is 492 g/mol. The number of carbonyl (C=O) groups is 2. The zero-order chi connectivity index (χ0) is 24.3. The fourth-order valence-electron chi connectivity index (χ4n) is 3.90. The quantitative estimate of drug-likeness (QED) is 0.278. The number of benzene rings is 2. The predicted octanol–water partition coefficient (Wildman–Crippen LogP) is 6.01. The summed E-state index contributed by atoms with van der Waals surface area (Å²) >= 11 is 12.4. The molecule has 0 spiro atoms. The Morgan fingerprint density at radius 1 is 1.18 bits per heavy atom. The standard InChI is InChI=1S/C25H27Cl2NO5/c1-5-6-10-28-21(15-8-7-9-17(11-15)33-14(2)3)20(23(30)25(28)31)22(29)18-12-16(26)13-19(27)24(18)32-4/h7-9,11-14,21,29H,5-6,10H2,1-4H3/b22-20+. The second-order valence-electron chi connectivity index (χ2n) is 8.05. The van der Waals surface area contributed by atoms with E-state index in [0.717, 1.165) is 6.42 Å². The van der Waals surface area contributed by atoms with Gasteiger partial charge in [-0.2, -0.15) is 0 Å². The van der Waals surface area contributed by atoms with Gasteiger partial charge in [0.15, 0.2) is 0 Å². The van der Waals surface area contributed by atoms with Crippen molar-refractivity contribution < 1.29 is 24.2 Å². The molecule has 3 rings (SSSR count). The topological polar surface area (TPSA) is 76.1 Å². The number of halogens is 2. The lowest BCUT2D eigenvalue weighted by Gasteiger charge is -2.26. The van der Waals surface area contributed by atoms with Gasteiger partial charge >= 0.3 is 0 Å². The van der Waals surface area contributed by atoms with Crippen molar-refractivity contribution in [2.45, 2.75) is 45.8 Å². The molecule has 33 heavy (non-hydrogen) atoms. The van der Waals surface area contributed by atoms with E-state index in [1.165, 1.54) is 24.1 Å². The first kappa shape index (κ1) is 24.9. The van der Waals surface area contributed by atoms with E-state index in [1.807, 2.05) is 26.8 Å². The third-order valence-electron chi connectivity index (χ3n) is 5.31. The molecule has 1 saturated heterocycles. The number of hydrogen-bond donors (Lipinski definition) is 1. The van der Waals surface area contributed by atoms with Crippen LogP contribution in [-0.2, 0) is 9.59 Å². The molecule has 1 aliphatic heterocycles. The van der Waals surface area contributed by atoms with Crippen LogP contribution in [0.25, 0.3) is 5.76 Å². The van der Waals surface area contributed by atoms with Gasteiger partial charge in [-0.05, 0) is 50.1 Å². The Bertz CT molecular complexity index is 1100. The normalized spacial score (nSPS) is 17.7. The summed E-state index contributed by atoms with van der Waals surface area (Å²) in [5.74, 6) is -1.08. The summed E-state index contributed by atoms with van der Waals surface area (Å²) in [6.45, 7) is 6.19. The Kier molecular flexibility index (Phi) is 7.92. The molecule has 1 amide bonds. The van der Waals surface area contributed by atoms with E-state index < -0.39 is 23.5 Å². The second-order valence-corrected chi connectivity index (χ2v) is 8.90. The molecular weight excluding hydrogens is 465 g/mol. The van der Waals surface area contributed by atoms with Crippen LogP contribution in [0.2, 0.25) is 10.0 Å². The maximum Gasteiger partial charge on any atom is 0.295 e. The van der Waals surface area contributed by atoms with Crippen LogP contribution in [-0.4, -0.2) is 41.5 Å². The summed E-state index contributed by atoms with van der Waals surface area (Å²) in [6.07, 6.45) is 1.49. The van der Waals surface area contributed by atoms with E-state index in [0.29, 0.717) is 24.3 Å². The van der Waals surface area contributed by atoms with Crippen molar-refractivity contribution in [2.24, 2.45) is 0 Å². The highest BCUT2D eigenvalue weighted by molar-refractivity contribution is 6.46. The van der Waals surface area contributed by atoms with Gasteiger partial charge in [-0.25, -0.2) is 0 Å². The number of nitrogens with zero attached hydrogens (tertiary/aromatic N) is 1. The largest absolute Gasteiger partial charge is 0.507 e. The van der Waals surface area contributed by atoms with Crippen molar-refractivity contribution in [3.8, 4) is 11.5 Å². The smallest absolute Gasteiger partial charge is 0.295 e. The fourth-order valence-corrected chi connectivity index (χ4v) is 4.48. The van der Waals surface area contributed by atoms with Crippen LogP contribution in [0.4, 0.5) is 0 Å². The lowest BCUT2D eigenvalue weighted by Crippen LogP contribution is -2.30. The number of Topliss-reactive ketones (excluding diaryl/α,β-unsaturated/α-hetero) is 1. The first-order valence-corrected chi connectivity index (χ1v) is 11.5. The molecule has 1 heterocycles. The monoisotopic (exact) mass is 491 g/mol. The molecule has 0 bridgehead atoms. The Morgan fingerprint density at radius 3 is 2.55 bits per heavy atom. The molecule has 1 N–H and O–H groups in total. The molecule has 0 radical (unpaired) electrons. The number of methoxy groups -OCH3 is 1. The number of unbranched alkanes of at least 4 members (excludes halogenated alkanes) is 1. The molecule has 1 unspecified atom stereocenters. The summed E-state index contributed by atoms with van der Waals surface area (Å²) in [4.78, 5) is 27.7. The number of rotatable bonds is 8. The van der Waals surface area contributed by atoms with Gasteiger partial charge in [-0.1, -0.05) is 48.7 Å². The molecule has 8 heteroatoms. The van der Waals surface area contributed by atoms with E-state index >= 15 is 0 Å². The first-order valence-electron chi connectivity index (χ1n) is 10.8. The van der Waals surface area contributed by atoms with Crippen LogP contribution < -0.4 is 9.47 Å². The average Bonchev–Trinajstić information content (AvgIpc) is 3.01. The zero-order valence-electron chi connectivity index (χ0n) is 19.0. The lowest BCUT2D eigenvalue weighted by atomic mass is 9.94. The molecule has 176 valence electrons. The molecule has 0 saturated carbocycles. The van der Waals surface area contributed by atoms with Gasteiger partial charge in [0.2, 0.25) is 0 Å². The summed E-state index contributed by atoms with van der Waals surface area (Å²) in [5, 5.41) is 11.7. The van der Waals surface area contributed by atoms with Gasteiger partial charge in [0, 0.05) is 11.6 Å². The van der Waals surface area contributed by atoms with E-state index in [4.69, 9.17) is 32.7 Å². The fraction of sp³-hybridized carbons (Fsp3) is 0.360. The SMILES string of the molecule is CCCCN1C(=O)C(=O)/C(=C(/O)c2cc(Cl)cc(Cl)c2OC)C1c1cccc(OC(C)C)c1. The highest BCUT2D eigenvalue weighted by Crippen LogP contribution is 2.43. The van der Waals surface area contributed by atoms with Crippen molar-refractivity contribution in [3.63, 3.8) is 0 Å². The highest BCUT2D eigenvalue weighted by Gasteiger charge is 2.46. The van der Waals surface area contributed by atoms with Crippen molar-refractivity contribution in [1.29, 1.82) is 0 Å². The van der Waals surface area contributed by atoms with Crippen molar-refractivity contribution in [2.75, 3.05) is 13.7 Å². The Morgan fingerprint density at radius 2 is 1.91 bits per heavy atom. The highest BCUT2D eigenvalue weighted by atomic mass is 35.5. The van der Waals surface area contributed by atoms with Gasteiger partial charge in [-0.15, -0.1) is 0 Å². The number of likely N-dealkylation sites (tertiary alicyclic amines) is 1. The lowest BCUT2D eigenvalue weighted by molar-refractivity contribution is -0.139. The minimum atomic E-state index is -0.797. The molecule has 1 aliphatic rings. The number of hydrogen-bond acceptors (Lipinski definition) is 5. The van der Waals surface area contributed by atoms with Crippen molar-refractivity contribution in [1.82, 2.24) is 4.90 Å². The van der Waals surface area contributed by atoms with Crippen molar-refractivity contribution in [3.05, 3.63) is 63.1 Å². The maximum atomic E-state index is 13.2. The zero-order valence-corrected chi connectivity index (χ0v) is 20.5. The van der Waals surface area contributed by atoms with Gasteiger partial charge in [0.1, 0.15) is 17.3 Å². The van der Waals surface area contributed by atoms with E-state index in [-0.39, 0.29) is 33.0 Å². The van der Waals surface area contributed by atoms with E-state index in [9.17, 15) is 14.7 Å². The van der Waals surface area contributed by atoms with Crippen LogP contribution >= 0.6 is 23.2 Å². The number of ketones is 1. The molecular formula is C25H27Cl2NO5.